The van der Waals surface area contributed by atoms with E-state index in [1.807, 2.05) is 0 Å². The predicted octanol–water partition coefficient (Wildman–Crippen LogP) is 1.92. The Bertz CT molecular complexity index is 147. The zero-order chi connectivity index (χ0) is 5.98. The first-order chi connectivity index (χ1) is 3.79. The van der Waals surface area contributed by atoms with Crippen LogP contribution >= 0.6 is 11.6 Å². The van der Waals surface area contributed by atoms with E-state index in [1.54, 1.807) is 24.3 Å². The van der Waals surface area contributed by atoms with Crippen molar-refractivity contribution in [3.05, 3.63) is 29.3 Å². The Hall–Kier alpha value is -0.690. The van der Waals surface area contributed by atoms with Gasteiger partial charge in [0.1, 0.15) is 0 Å². The van der Waals surface area contributed by atoms with Crippen LogP contribution in [-0.2, 0) is 0 Å². The van der Waals surface area contributed by atoms with Gasteiger partial charge in [0, 0.05) is 10.7 Å². The van der Waals surface area contributed by atoms with E-state index in [0.717, 1.165) is 10.7 Å². The summed E-state index contributed by atoms with van der Waals surface area (Å²) in [5, 5.41) is 0.721. The molecule has 0 fully saturated rings. The molecule has 0 aliphatic carbocycles. The fourth-order valence-electron chi connectivity index (χ4n) is 0.463. The Kier molecular flexibility index (Phi) is 1.40. The van der Waals surface area contributed by atoms with Gasteiger partial charge in [-0.25, -0.2) is 0 Å². The molecule has 0 aliphatic heterocycles. The third kappa shape index (κ3) is 1.14. The smallest absolute Gasteiger partial charge is 0.0407 e. The van der Waals surface area contributed by atoms with E-state index in [1.165, 1.54) is 0 Å². The monoisotopic (exact) mass is 129 g/mol. The molecular formula is C6H6ClN. The van der Waals surface area contributed by atoms with Crippen LogP contribution in [0, 0.1) is 0 Å². The number of rotatable bonds is 0. The summed E-state index contributed by atoms with van der Waals surface area (Å²) >= 11 is 5.56. The molecule has 2 heteroatoms. The molecule has 0 saturated heterocycles. The SMILES string of the molecule is N[14c]1ccc(Cl)cc1. The molecule has 1 nitrogen and oxygen atoms in total. The summed E-state index contributed by atoms with van der Waals surface area (Å²) in [5.74, 6) is 0. The lowest BCUT2D eigenvalue weighted by molar-refractivity contribution is 1.69. The molecule has 0 unspecified atom stereocenters. The first-order valence-electron chi connectivity index (χ1n) is 2.30. The van der Waals surface area contributed by atoms with E-state index < -0.39 is 0 Å². The Morgan fingerprint density at radius 3 is 2.25 bits per heavy atom. The Morgan fingerprint density at radius 2 is 1.88 bits per heavy atom. The van der Waals surface area contributed by atoms with E-state index in [9.17, 15) is 0 Å². The highest BCUT2D eigenvalue weighted by Gasteiger charge is 1.82. The second kappa shape index (κ2) is 2.05. The van der Waals surface area contributed by atoms with Crippen molar-refractivity contribution < 1.29 is 0 Å². The fourth-order valence-corrected chi connectivity index (χ4v) is 0.589. The van der Waals surface area contributed by atoms with Gasteiger partial charge in [0.2, 0.25) is 0 Å². The predicted molar refractivity (Wildman–Crippen MR) is 35.9 cm³/mol. The number of halogens is 1. The molecule has 0 bridgehead atoms. The van der Waals surface area contributed by atoms with Crippen molar-refractivity contribution in [3.63, 3.8) is 0 Å². The van der Waals surface area contributed by atoms with Gasteiger partial charge in [-0.05, 0) is 24.3 Å². The summed E-state index contributed by atoms with van der Waals surface area (Å²) in [5.41, 5.74) is 6.11. The molecule has 1 rings (SSSR count). The third-order valence-electron chi connectivity index (χ3n) is 0.870. The highest BCUT2D eigenvalue weighted by atomic mass is 35.5. The van der Waals surface area contributed by atoms with Gasteiger partial charge >= 0.3 is 0 Å². The number of anilines is 1. The molecule has 0 aromatic heterocycles. The number of nitrogen functional groups attached to an aromatic ring is 1. The first kappa shape index (κ1) is 5.45. The lowest BCUT2D eigenvalue weighted by atomic mass is 10.5. The lowest BCUT2D eigenvalue weighted by Gasteiger charge is -1.88. The summed E-state index contributed by atoms with van der Waals surface area (Å²) in [6.07, 6.45) is 0. The average Bonchev–Trinajstić information content (AvgIpc) is 1.77. The van der Waals surface area contributed by atoms with Gasteiger partial charge in [0.15, 0.2) is 0 Å². The number of hydrogen-bond donors (Lipinski definition) is 1. The molecule has 1 aromatic rings. The summed E-state index contributed by atoms with van der Waals surface area (Å²) in [7, 11) is 0. The van der Waals surface area contributed by atoms with Crippen molar-refractivity contribution in [2.45, 2.75) is 0 Å². The summed E-state index contributed by atoms with van der Waals surface area (Å²) in [6, 6.07) is 7.05. The second-order valence-electron chi connectivity index (χ2n) is 1.55. The maximum absolute atomic E-state index is 5.56. The van der Waals surface area contributed by atoms with Crippen molar-refractivity contribution in [1.29, 1.82) is 0 Å². The second-order valence-corrected chi connectivity index (χ2v) is 1.99. The number of hydrogen-bond acceptors (Lipinski definition) is 1. The standard InChI is InChI=1S/C6H6ClN/c7-5-1-3-6(8)4-2-5/h1-4H,8H2/i6+2. The minimum atomic E-state index is 0.721. The third-order valence-corrected chi connectivity index (χ3v) is 1.12. The van der Waals surface area contributed by atoms with Crippen LogP contribution in [0.5, 0.6) is 0 Å². The van der Waals surface area contributed by atoms with Crippen molar-refractivity contribution >= 4 is 17.3 Å². The topological polar surface area (TPSA) is 26.0 Å². The maximum atomic E-state index is 5.56. The summed E-state index contributed by atoms with van der Waals surface area (Å²) < 4.78 is 0. The van der Waals surface area contributed by atoms with Crippen LogP contribution < -0.4 is 5.73 Å². The van der Waals surface area contributed by atoms with Gasteiger partial charge in [-0.2, -0.15) is 0 Å². The molecule has 0 atom stereocenters. The van der Waals surface area contributed by atoms with Crippen LogP contribution in [0.15, 0.2) is 24.3 Å². The maximum Gasteiger partial charge on any atom is 0.0407 e. The highest BCUT2D eigenvalue weighted by molar-refractivity contribution is 6.30. The molecule has 0 aliphatic rings. The molecule has 42 valence electrons. The van der Waals surface area contributed by atoms with E-state index in [-0.39, 0.29) is 0 Å². The largest absolute Gasteiger partial charge is 0.399 e. The fraction of sp³-hybridized carbons (Fsp3) is 0. The van der Waals surface area contributed by atoms with Crippen molar-refractivity contribution in [2.24, 2.45) is 0 Å². The molecule has 8 heavy (non-hydrogen) atoms. The minimum Gasteiger partial charge on any atom is -0.399 e. The van der Waals surface area contributed by atoms with Gasteiger partial charge in [-0.3, -0.25) is 0 Å². The Labute approximate surface area is 53.1 Å². The number of nitrogens with two attached hydrogens (primary N) is 1. The van der Waals surface area contributed by atoms with Gasteiger partial charge in [-0.15, -0.1) is 0 Å². The molecule has 1 aromatic carbocycles. The van der Waals surface area contributed by atoms with Crippen LogP contribution in [0.4, 0.5) is 5.69 Å². The zero-order valence-electron chi connectivity index (χ0n) is 4.26. The quantitative estimate of drug-likeness (QED) is 0.532. The van der Waals surface area contributed by atoms with Crippen LogP contribution in [0.2, 0.25) is 5.02 Å². The van der Waals surface area contributed by atoms with Gasteiger partial charge in [0.25, 0.3) is 0 Å². The van der Waals surface area contributed by atoms with Crippen LogP contribution in [-0.4, -0.2) is 0 Å². The zero-order valence-corrected chi connectivity index (χ0v) is 5.02. The molecule has 0 radical (unpaired) electrons. The Morgan fingerprint density at radius 1 is 1.38 bits per heavy atom. The molecule has 0 spiro atoms. The molecule has 0 amide bonds. The minimum absolute atomic E-state index is 0.721. The summed E-state index contributed by atoms with van der Waals surface area (Å²) in [4.78, 5) is 0. The molecule has 0 saturated carbocycles. The van der Waals surface area contributed by atoms with Crippen molar-refractivity contribution in [1.82, 2.24) is 0 Å². The van der Waals surface area contributed by atoms with E-state index in [0.29, 0.717) is 0 Å². The van der Waals surface area contributed by atoms with Crippen molar-refractivity contribution in [3.8, 4) is 0 Å². The normalized spacial score (nSPS) is 9.12. The van der Waals surface area contributed by atoms with Gasteiger partial charge in [0.05, 0.1) is 0 Å². The molecular weight excluding hydrogens is 124 g/mol. The van der Waals surface area contributed by atoms with Gasteiger partial charge < -0.3 is 5.73 Å². The lowest BCUT2D eigenvalue weighted by Crippen LogP contribution is -1.80. The highest BCUT2D eigenvalue weighted by Crippen LogP contribution is 2.09. The van der Waals surface area contributed by atoms with Crippen LogP contribution in [0.25, 0.3) is 0 Å². The average molecular weight is 130 g/mol. The Balaban J connectivity index is 3.03. The van der Waals surface area contributed by atoms with E-state index in [4.69, 9.17) is 17.3 Å². The van der Waals surface area contributed by atoms with Crippen LogP contribution in [0.1, 0.15) is 0 Å². The molecule has 2 N–H and O–H groups in total. The summed E-state index contributed by atoms with van der Waals surface area (Å²) in [6.45, 7) is 0. The van der Waals surface area contributed by atoms with E-state index >= 15 is 0 Å². The van der Waals surface area contributed by atoms with E-state index in [2.05, 4.69) is 0 Å². The van der Waals surface area contributed by atoms with Crippen molar-refractivity contribution in [2.75, 3.05) is 5.73 Å². The number of benzene rings is 1. The van der Waals surface area contributed by atoms with Gasteiger partial charge in [-0.1, -0.05) is 11.6 Å². The first-order valence-corrected chi connectivity index (χ1v) is 2.68. The van der Waals surface area contributed by atoms with Crippen LogP contribution in [0.3, 0.4) is 0 Å². The molecule has 0 heterocycles.